The predicted octanol–water partition coefficient (Wildman–Crippen LogP) is 2.93. The summed E-state index contributed by atoms with van der Waals surface area (Å²) in [6.45, 7) is 3.04. The number of carbonyl (C=O) groups excluding carboxylic acids is 2. The average Bonchev–Trinajstić information content (AvgIpc) is 3.30. The molecule has 0 saturated carbocycles. The second-order valence-corrected chi connectivity index (χ2v) is 9.51. The maximum atomic E-state index is 13.1. The third-order valence-corrected chi connectivity index (χ3v) is 6.87. The van der Waals surface area contributed by atoms with Gasteiger partial charge in [-0.3, -0.25) is 9.59 Å². The number of carbonyl (C=O) groups is 2. The van der Waals surface area contributed by atoms with Gasteiger partial charge in [-0.25, -0.2) is 4.98 Å². The molecule has 3 aromatic rings. The van der Waals surface area contributed by atoms with Gasteiger partial charge in [-0.1, -0.05) is 24.3 Å². The number of aromatic nitrogens is 2. The molecule has 2 aromatic carbocycles. The van der Waals surface area contributed by atoms with Gasteiger partial charge >= 0.3 is 0 Å². The minimum Gasteiger partial charge on any atom is -0.496 e. The van der Waals surface area contributed by atoms with Gasteiger partial charge < -0.3 is 30.0 Å². The van der Waals surface area contributed by atoms with Crippen molar-refractivity contribution in [2.75, 3.05) is 40.5 Å². The Morgan fingerprint density at radius 2 is 1.95 bits per heavy atom. The first kappa shape index (κ1) is 26.6. The van der Waals surface area contributed by atoms with Gasteiger partial charge in [0.05, 0.1) is 23.7 Å². The van der Waals surface area contributed by atoms with Crippen LogP contribution in [0.5, 0.6) is 5.75 Å². The van der Waals surface area contributed by atoms with Crippen LogP contribution in [0.3, 0.4) is 0 Å². The monoisotopic (exact) mass is 507 g/mol. The topological polar surface area (TPSA) is 112 Å². The lowest BCUT2D eigenvalue weighted by molar-refractivity contribution is -0.132. The van der Waals surface area contributed by atoms with Gasteiger partial charge in [0, 0.05) is 58.3 Å². The molecule has 3 N–H and O–H groups in total. The maximum absolute atomic E-state index is 13.1. The summed E-state index contributed by atoms with van der Waals surface area (Å²) < 4.78 is 12.8. The van der Waals surface area contributed by atoms with Gasteiger partial charge in [0.2, 0.25) is 5.91 Å². The summed E-state index contributed by atoms with van der Waals surface area (Å²) in [5, 5.41) is 2.82. The lowest BCUT2D eigenvalue weighted by Gasteiger charge is -2.33. The quantitative estimate of drug-likeness (QED) is 0.386. The number of piperidine rings is 1. The highest BCUT2D eigenvalue weighted by Gasteiger charge is 2.29. The van der Waals surface area contributed by atoms with E-state index in [1.165, 1.54) is 7.11 Å². The summed E-state index contributed by atoms with van der Waals surface area (Å²) in [5.41, 5.74) is 8.78. The highest BCUT2D eigenvalue weighted by molar-refractivity contribution is 5.97. The summed E-state index contributed by atoms with van der Waals surface area (Å²) in [4.78, 5) is 32.6. The summed E-state index contributed by atoms with van der Waals surface area (Å²) in [7, 11) is 3.24. The van der Waals surface area contributed by atoms with Gasteiger partial charge in [0.15, 0.2) is 0 Å². The molecular weight excluding hydrogens is 470 g/mol. The van der Waals surface area contributed by atoms with E-state index in [-0.39, 0.29) is 30.7 Å². The van der Waals surface area contributed by atoms with Crippen molar-refractivity contribution in [3.05, 3.63) is 59.9 Å². The number of benzene rings is 2. The number of nitrogens with one attached hydrogen (secondary N) is 1. The molecule has 198 valence electrons. The van der Waals surface area contributed by atoms with Gasteiger partial charge in [-0.05, 0) is 43.5 Å². The lowest BCUT2D eigenvalue weighted by Crippen LogP contribution is -2.45. The number of hydrogen-bond acceptors (Lipinski definition) is 6. The highest BCUT2D eigenvalue weighted by atomic mass is 16.5. The van der Waals surface area contributed by atoms with E-state index in [0.29, 0.717) is 31.0 Å². The first-order valence-electron chi connectivity index (χ1n) is 12.9. The Balaban J connectivity index is 1.36. The van der Waals surface area contributed by atoms with Gasteiger partial charge in [0.25, 0.3) is 5.91 Å². The molecule has 2 amide bonds. The Labute approximate surface area is 217 Å². The summed E-state index contributed by atoms with van der Waals surface area (Å²) in [5.74, 6) is 1.42. The molecule has 9 nitrogen and oxygen atoms in total. The molecule has 0 bridgehead atoms. The Kier molecular flexibility index (Phi) is 9.14. The Morgan fingerprint density at radius 1 is 1.16 bits per heavy atom. The zero-order valence-electron chi connectivity index (χ0n) is 21.7. The maximum Gasteiger partial charge on any atom is 0.255 e. The third kappa shape index (κ3) is 6.47. The van der Waals surface area contributed by atoms with Crippen molar-refractivity contribution in [3.8, 4) is 5.75 Å². The Hall–Kier alpha value is -3.43. The van der Waals surface area contributed by atoms with Crippen LogP contribution in [0.4, 0.5) is 0 Å². The zero-order valence-corrected chi connectivity index (χ0v) is 21.7. The van der Waals surface area contributed by atoms with Crippen LogP contribution in [0.2, 0.25) is 0 Å². The van der Waals surface area contributed by atoms with Crippen LogP contribution >= 0.6 is 0 Å². The van der Waals surface area contributed by atoms with E-state index < -0.39 is 6.04 Å². The number of hydrogen-bond donors (Lipinski definition) is 2. The second kappa shape index (κ2) is 12.7. The molecule has 0 unspecified atom stereocenters. The third-order valence-electron chi connectivity index (χ3n) is 6.87. The van der Waals surface area contributed by atoms with Crippen molar-refractivity contribution < 1.29 is 19.1 Å². The summed E-state index contributed by atoms with van der Waals surface area (Å²) in [6, 6.07) is 14.7. The molecule has 0 aliphatic carbocycles. The van der Waals surface area contributed by atoms with Crippen molar-refractivity contribution in [3.63, 3.8) is 0 Å². The number of nitrogens with zero attached hydrogens (tertiary/aromatic N) is 3. The van der Waals surface area contributed by atoms with Crippen LogP contribution in [-0.2, 0) is 16.1 Å². The molecule has 1 aliphatic rings. The minimum absolute atomic E-state index is 0.00536. The first-order chi connectivity index (χ1) is 18.0. The Bertz CT molecular complexity index is 1210. The number of imidazole rings is 1. The summed E-state index contributed by atoms with van der Waals surface area (Å²) in [6.07, 6.45) is 2.97. The number of likely N-dealkylation sites (tertiary alicyclic amines) is 1. The lowest BCUT2D eigenvalue weighted by atomic mass is 9.96. The number of methoxy groups -OCH3 is 2. The normalized spacial score (nSPS) is 16.5. The van der Waals surface area contributed by atoms with Crippen molar-refractivity contribution in [2.24, 2.45) is 5.73 Å². The van der Waals surface area contributed by atoms with Crippen molar-refractivity contribution >= 4 is 22.8 Å². The molecule has 1 aliphatic heterocycles. The fraction of sp³-hybridized carbons (Fsp3) is 0.464. The number of rotatable bonds is 11. The molecule has 1 aromatic heterocycles. The molecule has 0 radical (unpaired) electrons. The Morgan fingerprint density at radius 3 is 2.76 bits per heavy atom. The van der Waals surface area contributed by atoms with Crippen LogP contribution in [0.15, 0.2) is 48.5 Å². The largest absolute Gasteiger partial charge is 0.496 e. The molecule has 1 fully saturated rings. The highest BCUT2D eigenvalue weighted by Crippen LogP contribution is 2.30. The van der Waals surface area contributed by atoms with Crippen LogP contribution in [0.25, 0.3) is 11.0 Å². The predicted molar refractivity (Wildman–Crippen MR) is 143 cm³/mol. The van der Waals surface area contributed by atoms with Crippen LogP contribution in [0.1, 0.15) is 47.8 Å². The van der Waals surface area contributed by atoms with Crippen molar-refractivity contribution in [2.45, 2.75) is 44.2 Å². The number of fused-ring (bicyclic) bond motifs is 1. The first-order valence-corrected chi connectivity index (χ1v) is 12.9. The van der Waals surface area contributed by atoms with E-state index in [4.69, 9.17) is 20.2 Å². The van der Waals surface area contributed by atoms with Crippen LogP contribution in [-0.4, -0.2) is 72.8 Å². The molecular formula is C28H37N5O4. The molecule has 2 heterocycles. The molecule has 0 spiro atoms. The number of aryl methyl sites for hydroxylation is 1. The number of para-hydroxylation sites is 3. The smallest absolute Gasteiger partial charge is 0.255 e. The second-order valence-electron chi connectivity index (χ2n) is 9.51. The number of ether oxygens (including phenoxy) is 2. The SMILES string of the molecule is COCCCn1c([C@@H]2CCCN(C(=O)C[C@H](N)CNC(=O)c3ccccc3OC)C2)nc2ccccc21. The van der Waals surface area contributed by atoms with Crippen LogP contribution < -0.4 is 15.8 Å². The molecule has 9 heteroatoms. The molecule has 37 heavy (non-hydrogen) atoms. The summed E-state index contributed by atoms with van der Waals surface area (Å²) >= 11 is 0. The van der Waals surface area contributed by atoms with E-state index in [1.807, 2.05) is 23.1 Å². The van der Waals surface area contributed by atoms with Crippen molar-refractivity contribution in [1.82, 2.24) is 19.8 Å². The van der Waals surface area contributed by atoms with Gasteiger partial charge in [-0.15, -0.1) is 0 Å². The van der Waals surface area contributed by atoms with E-state index in [1.54, 1.807) is 31.4 Å². The zero-order chi connectivity index (χ0) is 26.2. The van der Waals surface area contributed by atoms with Gasteiger partial charge in [-0.2, -0.15) is 0 Å². The molecule has 1 saturated heterocycles. The number of nitrogens with two attached hydrogens (primary N) is 1. The van der Waals surface area contributed by atoms with E-state index in [0.717, 1.165) is 42.7 Å². The van der Waals surface area contributed by atoms with E-state index in [9.17, 15) is 9.59 Å². The van der Waals surface area contributed by atoms with Gasteiger partial charge in [0.1, 0.15) is 11.6 Å². The van der Waals surface area contributed by atoms with E-state index >= 15 is 0 Å². The van der Waals surface area contributed by atoms with Crippen molar-refractivity contribution in [1.29, 1.82) is 0 Å². The minimum atomic E-state index is -0.481. The van der Waals surface area contributed by atoms with Crippen LogP contribution in [0, 0.1) is 0 Å². The standard InChI is InChI=1S/C28H37N5O4/c1-36-16-8-15-33-24-12-5-4-11-23(24)31-27(33)20-9-7-14-32(19-20)26(34)17-21(29)18-30-28(35)22-10-3-6-13-25(22)37-2/h3-6,10-13,20-21H,7-9,14-19,29H2,1-2H3,(H,30,35)/t20-,21+/m1/s1. The fourth-order valence-electron chi connectivity index (χ4n) is 5.00. The molecule has 2 atom stereocenters. The average molecular weight is 508 g/mol. The fourth-order valence-corrected chi connectivity index (χ4v) is 5.00. The van der Waals surface area contributed by atoms with E-state index in [2.05, 4.69) is 16.0 Å². The number of amides is 2. The molecule has 4 rings (SSSR count).